The molecule has 39 heavy (non-hydrogen) atoms. The number of benzene rings is 1. The number of para-hydroxylation sites is 1. The topological polar surface area (TPSA) is 133 Å². The number of ether oxygens (including phenoxy) is 1. The van der Waals surface area contributed by atoms with Gasteiger partial charge in [0.1, 0.15) is 23.5 Å². The molecule has 0 bridgehead atoms. The molecule has 10 nitrogen and oxygen atoms in total. The number of carbonyl (C=O) groups excluding carboxylic acids is 1. The van der Waals surface area contributed by atoms with E-state index in [4.69, 9.17) is 4.74 Å². The Morgan fingerprint density at radius 2 is 1.90 bits per heavy atom. The molecule has 1 aliphatic heterocycles. The molecule has 0 radical (unpaired) electrons. The predicted molar refractivity (Wildman–Crippen MR) is 140 cm³/mol. The lowest BCUT2D eigenvalue weighted by Gasteiger charge is -2.21. The lowest BCUT2D eigenvalue weighted by molar-refractivity contribution is -0.115. The van der Waals surface area contributed by atoms with Crippen molar-refractivity contribution < 1.29 is 32.9 Å². The molecule has 3 heterocycles. The fraction of sp³-hybridized carbons (Fsp3) is 0.520. The van der Waals surface area contributed by atoms with Gasteiger partial charge in [0, 0.05) is 19.0 Å². The lowest BCUT2D eigenvalue weighted by Crippen LogP contribution is -2.36. The summed E-state index contributed by atoms with van der Waals surface area (Å²) in [6.45, 7) is 1.52. The number of rotatable bonds is 7. The van der Waals surface area contributed by atoms with E-state index in [2.05, 4.69) is 25.6 Å². The number of aliphatic hydroxyl groups excluding tert-OH is 2. The minimum atomic E-state index is -4.47. The fourth-order valence-corrected chi connectivity index (χ4v) is 6.01. The molecule has 5 rings (SSSR count). The molecule has 4 unspecified atom stereocenters. The maximum Gasteiger partial charge on any atom is 0.409 e. The number of nitrogens with one attached hydrogen (secondary N) is 2. The van der Waals surface area contributed by atoms with Crippen molar-refractivity contribution in [3.8, 4) is 10.6 Å². The van der Waals surface area contributed by atoms with Crippen molar-refractivity contribution in [3.05, 3.63) is 30.0 Å². The first-order valence-electron chi connectivity index (χ1n) is 12.7. The van der Waals surface area contributed by atoms with Gasteiger partial charge in [-0.15, -0.1) is 11.3 Å². The van der Waals surface area contributed by atoms with E-state index >= 15 is 0 Å². The summed E-state index contributed by atoms with van der Waals surface area (Å²) in [6.07, 6.45) is -5.25. The van der Waals surface area contributed by atoms with Crippen LogP contribution < -0.4 is 10.6 Å². The summed E-state index contributed by atoms with van der Waals surface area (Å²) in [5.41, 5.74) is 1.62. The van der Waals surface area contributed by atoms with Crippen molar-refractivity contribution in [2.75, 3.05) is 36.9 Å². The van der Waals surface area contributed by atoms with E-state index in [1.54, 1.807) is 11.8 Å². The smallest absolute Gasteiger partial charge is 0.409 e. The average Bonchev–Trinajstić information content (AvgIpc) is 3.62. The maximum atomic E-state index is 12.9. The molecule has 2 aromatic heterocycles. The number of hydrogen-bond acceptors (Lipinski definition) is 10. The Bertz CT molecular complexity index is 1300. The third kappa shape index (κ3) is 6.17. The highest BCUT2D eigenvalue weighted by Gasteiger charge is 2.43. The third-order valence-corrected chi connectivity index (χ3v) is 8.01. The van der Waals surface area contributed by atoms with Crippen LogP contribution in [0, 0.1) is 12.8 Å². The number of alkyl halides is 3. The van der Waals surface area contributed by atoms with Crippen LogP contribution in [0.15, 0.2) is 24.3 Å². The number of aryl methyl sites for hydroxylation is 1. The van der Waals surface area contributed by atoms with Crippen LogP contribution in [0.5, 0.6) is 0 Å². The summed E-state index contributed by atoms with van der Waals surface area (Å²) in [4.78, 5) is 27.1. The van der Waals surface area contributed by atoms with Crippen LogP contribution in [-0.4, -0.2) is 86.8 Å². The molecule has 2 fully saturated rings. The second-order valence-electron chi connectivity index (χ2n) is 9.81. The van der Waals surface area contributed by atoms with Crippen LogP contribution in [0.1, 0.15) is 25.0 Å². The molecule has 1 saturated carbocycles. The van der Waals surface area contributed by atoms with Crippen LogP contribution in [0.2, 0.25) is 0 Å². The van der Waals surface area contributed by atoms with Crippen LogP contribution in [0.4, 0.5) is 29.7 Å². The van der Waals surface area contributed by atoms with E-state index in [1.807, 2.05) is 24.3 Å². The number of thiazole rings is 1. The van der Waals surface area contributed by atoms with Gasteiger partial charge in [-0.25, -0.2) is 14.8 Å². The van der Waals surface area contributed by atoms with E-state index in [1.165, 1.54) is 11.3 Å². The van der Waals surface area contributed by atoms with Gasteiger partial charge in [0.25, 0.3) is 0 Å². The van der Waals surface area contributed by atoms with Crippen LogP contribution in [0.3, 0.4) is 0 Å². The zero-order valence-electron chi connectivity index (χ0n) is 21.1. The standard InChI is InChI=1S/C25H29F3N6O4S/c1-13-18(22-32-15-6-2-3-7-17(15)39-22)21(33-23(30-13)29-12-25(26,27)28)31-16-10-14(19(35)20(16)36)11-38-24(37)34-8-4-5-9-34/h2-3,6-7,14,16,19-20,35-36H,4-5,8-12H2,1H3,(H2,29,30,31,33). The Morgan fingerprint density at radius 1 is 1.15 bits per heavy atom. The van der Waals surface area contributed by atoms with Gasteiger partial charge in [0.15, 0.2) is 0 Å². The number of halogens is 3. The maximum absolute atomic E-state index is 12.9. The summed E-state index contributed by atoms with van der Waals surface area (Å²) in [5, 5.41) is 27.4. The van der Waals surface area contributed by atoms with Gasteiger partial charge in [0.2, 0.25) is 5.95 Å². The zero-order chi connectivity index (χ0) is 27.7. The normalized spacial score (nSPS) is 23.4. The molecule has 0 spiro atoms. The Labute approximate surface area is 226 Å². The zero-order valence-corrected chi connectivity index (χ0v) is 21.9. The first kappa shape index (κ1) is 27.3. The molecule has 210 valence electrons. The molecular weight excluding hydrogens is 537 g/mol. The first-order chi connectivity index (χ1) is 18.6. The molecule has 2 aliphatic rings. The molecule has 1 aliphatic carbocycles. The van der Waals surface area contributed by atoms with E-state index in [0.717, 1.165) is 23.1 Å². The minimum Gasteiger partial charge on any atom is -0.449 e. The summed E-state index contributed by atoms with van der Waals surface area (Å²) in [6, 6.07) is 6.77. The number of carbonyl (C=O) groups is 1. The van der Waals surface area contributed by atoms with Gasteiger partial charge in [-0.2, -0.15) is 18.2 Å². The number of aromatic nitrogens is 3. The van der Waals surface area contributed by atoms with Gasteiger partial charge >= 0.3 is 12.3 Å². The van der Waals surface area contributed by atoms with E-state index < -0.39 is 43.0 Å². The number of amides is 1. The first-order valence-corrected chi connectivity index (χ1v) is 13.5. The third-order valence-electron chi connectivity index (χ3n) is 6.95. The predicted octanol–water partition coefficient (Wildman–Crippen LogP) is 3.79. The summed E-state index contributed by atoms with van der Waals surface area (Å²) >= 11 is 1.38. The highest BCUT2D eigenvalue weighted by molar-refractivity contribution is 7.21. The monoisotopic (exact) mass is 566 g/mol. The molecule has 1 amide bonds. The second-order valence-corrected chi connectivity index (χ2v) is 10.8. The van der Waals surface area contributed by atoms with Crippen LogP contribution >= 0.6 is 11.3 Å². The summed E-state index contributed by atoms with van der Waals surface area (Å²) in [7, 11) is 0. The Balaban J connectivity index is 1.39. The van der Waals surface area contributed by atoms with E-state index in [0.29, 0.717) is 29.4 Å². The van der Waals surface area contributed by atoms with Gasteiger partial charge in [-0.3, -0.25) is 0 Å². The molecular formula is C25H29F3N6O4S. The number of aliphatic hydroxyl groups is 2. The van der Waals surface area contributed by atoms with Gasteiger partial charge < -0.3 is 30.5 Å². The van der Waals surface area contributed by atoms with E-state index in [9.17, 15) is 28.2 Å². The molecule has 14 heteroatoms. The Morgan fingerprint density at radius 3 is 2.62 bits per heavy atom. The fourth-order valence-electron chi connectivity index (χ4n) is 4.95. The van der Waals surface area contributed by atoms with Crippen molar-refractivity contribution in [3.63, 3.8) is 0 Å². The molecule has 3 aromatic rings. The number of fused-ring (bicyclic) bond motifs is 1. The van der Waals surface area contributed by atoms with Gasteiger partial charge in [-0.05, 0) is 38.3 Å². The number of likely N-dealkylation sites (tertiary alicyclic amines) is 1. The quantitative estimate of drug-likeness (QED) is 0.337. The van der Waals surface area contributed by atoms with Crippen molar-refractivity contribution in [2.45, 2.75) is 50.6 Å². The van der Waals surface area contributed by atoms with E-state index in [-0.39, 0.29) is 24.8 Å². The van der Waals surface area contributed by atoms with Gasteiger partial charge in [-0.1, -0.05) is 12.1 Å². The van der Waals surface area contributed by atoms with Crippen molar-refractivity contribution in [2.24, 2.45) is 5.92 Å². The Hall–Kier alpha value is -3.23. The largest absolute Gasteiger partial charge is 0.449 e. The SMILES string of the molecule is Cc1nc(NCC(F)(F)F)nc(NC2CC(COC(=O)N3CCCC3)C(O)C2O)c1-c1nc2ccccc2s1. The summed E-state index contributed by atoms with van der Waals surface area (Å²) < 4.78 is 44.9. The second kappa shape index (κ2) is 11.1. The van der Waals surface area contributed by atoms with Crippen molar-refractivity contribution in [1.82, 2.24) is 19.9 Å². The highest BCUT2D eigenvalue weighted by atomic mass is 32.1. The average molecular weight is 567 g/mol. The molecule has 4 atom stereocenters. The lowest BCUT2D eigenvalue weighted by atomic mass is 10.1. The number of anilines is 2. The van der Waals surface area contributed by atoms with Crippen LogP contribution in [-0.2, 0) is 4.74 Å². The molecule has 1 aromatic carbocycles. The molecule has 4 N–H and O–H groups in total. The highest BCUT2D eigenvalue weighted by Crippen LogP contribution is 2.38. The van der Waals surface area contributed by atoms with Crippen molar-refractivity contribution >= 4 is 39.4 Å². The number of nitrogens with zero attached hydrogens (tertiary/aromatic N) is 4. The number of hydrogen-bond donors (Lipinski definition) is 4. The molecule has 1 saturated heterocycles. The summed E-state index contributed by atoms with van der Waals surface area (Å²) in [5.74, 6) is -0.598. The van der Waals surface area contributed by atoms with Gasteiger partial charge in [0.05, 0.1) is 40.2 Å². The van der Waals surface area contributed by atoms with Crippen LogP contribution in [0.25, 0.3) is 20.8 Å². The minimum absolute atomic E-state index is 0.0718. The Kier molecular flexibility index (Phi) is 7.78. The van der Waals surface area contributed by atoms with Crippen molar-refractivity contribution in [1.29, 1.82) is 0 Å².